The predicted octanol–water partition coefficient (Wildman–Crippen LogP) is -1.27. The van der Waals surface area contributed by atoms with Crippen molar-refractivity contribution in [3.8, 4) is 0 Å². The minimum absolute atomic E-state index is 0. The standard InChI is InChI=1S/Ga.Ni.5H2O/h;;5*1H2/q+3;+2;;;;;/p-5. The molecule has 0 rings (SSSR count). The average Bonchev–Trinajstić information content (AvgIpc) is 0. The second-order valence-corrected chi connectivity index (χ2v) is 0. The Bertz CT molecular complexity index is 8.04. The molecule has 0 aromatic rings. The molecule has 0 aliphatic rings. The summed E-state index contributed by atoms with van der Waals surface area (Å²) in [4.78, 5) is 0. The van der Waals surface area contributed by atoms with E-state index in [0.717, 1.165) is 0 Å². The van der Waals surface area contributed by atoms with E-state index in [1.54, 1.807) is 0 Å². The summed E-state index contributed by atoms with van der Waals surface area (Å²) in [6, 6.07) is 0. The number of hydrogen-bond donors (Lipinski definition) is 0. The first-order chi connectivity index (χ1) is 0. The van der Waals surface area contributed by atoms with Crippen molar-refractivity contribution in [2.75, 3.05) is 0 Å². The van der Waals surface area contributed by atoms with Crippen LogP contribution in [0, 0.1) is 0 Å². The Morgan fingerprint density at radius 1 is 0.429 bits per heavy atom. The Morgan fingerprint density at radius 2 is 0.429 bits per heavy atom. The van der Waals surface area contributed by atoms with Gasteiger partial charge in [0, 0.05) is 0 Å². The van der Waals surface area contributed by atoms with Gasteiger partial charge in [-0.25, -0.2) is 0 Å². The minimum Gasteiger partial charge on any atom is -0.870 e. The zero-order valence-corrected chi connectivity index (χ0v) is 6.54. The molecule has 0 heterocycles. The van der Waals surface area contributed by atoms with Crippen LogP contribution in [0.3, 0.4) is 0 Å². The number of rotatable bonds is 0. The molecule has 7 heavy (non-hydrogen) atoms. The third-order valence-corrected chi connectivity index (χ3v) is 0. The molecule has 0 saturated carbocycles. The first-order valence-corrected chi connectivity index (χ1v) is 0. The van der Waals surface area contributed by atoms with Crippen molar-refractivity contribution in [1.82, 2.24) is 0 Å². The van der Waals surface area contributed by atoms with Crippen LogP contribution >= 0.6 is 0 Å². The fourth-order valence-electron chi connectivity index (χ4n) is 0. The Labute approximate surface area is 64.0 Å². The van der Waals surface area contributed by atoms with Gasteiger partial charge in [0.25, 0.3) is 0 Å². The van der Waals surface area contributed by atoms with Crippen LogP contribution in [0.4, 0.5) is 0 Å². The normalized spacial score (nSPS) is 0. The van der Waals surface area contributed by atoms with Crippen molar-refractivity contribution >= 4 is 19.8 Å². The van der Waals surface area contributed by atoms with Gasteiger partial charge < -0.3 is 27.4 Å². The van der Waals surface area contributed by atoms with Crippen LogP contribution in [0.1, 0.15) is 0 Å². The van der Waals surface area contributed by atoms with E-state index < -0.39 is 0 Å². The molecule has 0 saturated heterocycles. The van der Waals surface area contributed by atoms with E-state index in [4.69, 9.17) is 0 Å². The molecule has 0 fully saturated rings. The van der Waals surface area contributed by atoms with Crippen molar-refractivity contribution in [3.05, 3.63) is 0 Å². The third kappa shape index (κ3) is 195. The van der Waals surface area contributed by atoms with Crippen molar-refractivity contribution in [3.63, 3.8) is 0 Å². The molecule has 0 bridgehead atoms. The van der Waals surface area contributed by atoms with E-state index >= 15 is 0 Å². The predicted molar refractivity (Wildman–Crippen MR) is 15.4 cm³/mol. The molecular weight excluding hydrogens is 208 g/mol. The van der Waals surface area contributed by atoms with Crippen LogP contribution in [-0.4, -0.2) is 47.2 Å². The largest absolute Gasteiger partial charge is 3.00 e. The Balaban J connectivity index is 0. The molecule has 0 aromatic heterocycles. The van der Waals surface area contributed by atoms with E-state index in [1.807, 2.05) is 0 Å². The Hall–Kier alpha value is 0.930. The van der Waals surface area contributed by atoms with Gasteiger partial charge in [0.1, 0.15) is 0 Å². The molecule has 0 amide bonds. The van der Waals surface area contributed by atoms with Crippen LogP contribution in [0.25, 0.3) is 0 Å². The van der Waals surface area contributed by atoms with E-state index in [2.05, 4.69) is 0 Å². The summed E-state index contributed by atoms with van der Waals surface area (Å²) < 4.78 is 0. The van der Waals surface area contributed by atoms with E-state index in [0.29, 0.717) is 0 Å². The molecule has 0 aliphatic carbocycles. The molecule has 0 aliphatic heterocycles. The maximum Gasteiger partial charge on any atom is 3.00 e. The topological polar surface area (TPSA) is 150 Å². The summed E-state index contributed by atoms with van der Waals surface area (Å²) in [6.07, 6.45) is 0. The third-order valence-electron chi connectivity index (χ3n) is 0. The zero-order valence-electron chi connectivity index (χ0n) is 3.13. The van der Waals surface area contributed by atoms with Gasteiger partial charge in [0.15, 0.2) is 0 Å². The summed E-state index contributed by atoms with van der Waals surface area (Å²) in [5.74, 6) is 0. The summed E-state index contributed by atoms with van der Waals surface area (Å²) in [5.41, 5.74) is 0. The molecule has 7 heteroatoms. The van der Waals surface area contributed by atoms with Crippen LogP contribution < -0.4 is 0 Å². The van der Waals surface area contributed by atoms with E-state index in [9.17, 15) is 0 Å². The molecule has 5 nitrogen and oxygen atoms in total. The molecule has 0 radical (unpaired) electrons. The quantitative estimate of drug-likeness (QED) is 0.460. The zero-order chi connectivity index (χ0) is 0. The van der Waals surface area contributed by atoms with Crippen LogP contribution in [0.15, 0.2) is 0 Å². The molecular formula is H5GaNiO5. The minimum atomic E-state index is 0. The molecule has 0 atom stereocenters. The summed E-state index contributed by atoms with van der Waals surface area (Å²) in [6.45, 7) is 0. The first-order valence-electron chi connectivity index (χ1n) is 0. The van der Waals surface area contributed by atoms with Gasteiger partial charge in [0.05, 0.1) is 0 Å². The van der Waals surface area contributed by atoms with Crippen molar-refractivity contribution < 1.29 is 43.9 Å². The van der Waals surface area contributed by atoms with E-state index in [1.165, 1.54) is 0 Å². The average molecular weight is 213 g/mol. The maximum absolute atomic E-state index is 0. The molecule has 5 N–H and O–H groups in total. The molecule has 0 spiro atoms. The van der Waals surface area contributed by atoms with Gasteiger partial charge in [-0.05, 0) is 0 Å². The van der Waals surface area contributed by atoms with Crippen LogP contribution in [-0.2, 0) is 16.5 Å². The summed E-state index contributed by atoms with van der Waals surface area (Å²) in [5, 5.41) is 0. The SMILES string of the molecule is [Ga+3].[Ni+2].[OH-].[OH-].[OH-].[OH-].[OH-]. The van der Waals surface area contributed by atoms with Gasteiger partial charge >= 0.3 is 36.3 Å². The second-order valence-electron chi connectivity index (χ2n) is 0. The first kappa shape index (κ1) is 440. The van der Waals surface area contributed by atoms with Gasteiger partial charge in [-0.15, -0.1) is 0 Å². The smallest absolute Gasteiger partial charge is 0.870 e. The molecule has 48 valence electrons. The Morgan fingerprint density at radius 3 is 0.429 bits per heavy atom. The molecule has 0 unspecified atom stereocenters. The van der Waals surface area contributed by atoms with E-state index in [-0.39, 0.29) is 63.7 Å². The monoisotopic (exact) mass is 212 g/mol. The molecule has 0 aromatic carbocycles. The van der Waals surface area contributed by atoms with Gasteiger partial charge in [-0.2, -0.15) is 0 Å². The summed E-state index contributed by atoms with van der Waals surface area (Å²) in [7, 11) is 0. The van der Waals surface area contributed by atoms with Crippen molar-refractivity contribution in [1.29, 1.82) is 0 Å². The fraction of sp³-hybridized carbons (Fsp3) is 0. The second kappa shape index (κ2) is 282. The van der Waals surface area contributed by atoms with Crippen LogP contribution in [0.2, 0.25) is 0 Å². The number of hydrogen-bond acceptors (Lipinski definition) is 5. The van der Waals surface area contributed by atoms with Gasteiger partial charge in [-0.3, -0.25) is 0 Å². The Kier molecular flexibility index (Phi) is 17700. The van der Waals surface area contributed by atoms with Gasteiger partial charge in [-0.1, -0.05) is 0 Å². The van der Waals surface area contributed by atoms with Crippen LogP contribution in [0.5, 0.6) is 0 Å². The van der Waals surface area contributed by atoms with Crippen molar-refractivity contribution in [2.45, 2.75) is 0 Å². The van der Waals surface area contributed by atoms with Crippen molar-refractivity contribution in [2.24, 2.45) is 0 Å². The maximum atomic E-state index is 0. The fourth-order valence-corrected chi connectivity index (χ4v) is 0. The summed E-state index contributed by atoms with van der Waals surface area (Å²) >= 11 is 0. The van der Waals surface area contributed by atoms with Gasteiger partial charge in [0.2, 0.25) is 0 Å².